The van der Waals surface area contributed by atoms with E-state index in [1.807, 2.05) is 18.2 Å². The molecule has 0 spiro atoms. The predicted octanol–water partition coefficient (Wildman–Crippen LogP) is 1.80. The Morgan fingerprint density at radius 3 is 2.75 bits per heavy atom. The van der Waals surface area contributed by atoms with Gasteiger partial charge >= 0.3 is 0 Å². The fourth-order valence-corrected chi connectivity index (χ4v) is 3.41. The lowest BCUT2D eigenvalue weighted by Gasteiger charge is -2.12. The van der Waals surface area contributed by atoms with Crippen LogP contribution >= 0.6 is 0 Å². The van der Waals surface area contributed by atoms with Crippen LogP contribution < -0.4 is 9.46 Å². The Morgan fingerprint density at radius 2 is 1.95 bits per heavy atom. The first-order chi connectivity index (χ1) is 9.56. The van der Waals surface area contributed by atoms with Gasteiger partial charge in [-0.15, -0.1) is 0 Å². The first-order valence-corrected chi connectivity index (χ1v) is 7.58. The largest absolute Gasteiger partial charge is 0.508 e. The molecule has 2 N–H and O–H groups in total. The molecule has 0 aliphatic carbocycles. The molecule has 104 valence electrons. The van der Waals surface area contributed by atoms with Crippen molar-refractivity contribution in [1.29, 1.82) is 0 Å². The second kappa shape index (κ2) is 4.81. The van der Waals surface area contributed by atoms with Crippen LogP contribution in [0.25, 0.3) is 0 Å². The Bertz CT molecular complexity index is 742. The Hall–Kier alpha value is -2.05. The van der Waals surface area contributed by atoms with Crippen LogP contribution in [0.15, 0.2) is 53.4 Å². The third-order valence-electron chi connectivity index (χ3n) is 3.13. The van der Waals surface area contributed by atoms with E-state index < -0.39 is 16.1 Å². The van der Waals surface area contributed by atoms with Crippen LogP contribution in [0, 0.1) is 0 Å². The molecule has 6 heteroatoms. The molecule has 1 heterocycles. The van der Waals surface area contributed by atoms with Gasteiger partial charge < -0.3 is 9.84 Å². The van der Waals surface area contributed by atoms with Crippen LogP contribution in [-0.2, 0) is 10.0 Å². The molecular weight excluding hydrogens is 278 g/mol. The van der Waals surface area contributed by atoms with Crippen LogP contribution in [-0.4, -0.2) is 20.1 Å². The van der Waals surface area contributed by atoms with E-state index in [1.165, 1.54) is 24.3 Å². The number of hydrogen-bond acceptors (Lipinski definition) is 4. The van der Waals surface area contributed by atoms with Crippen molar-refractivity contribution in [1.82, 2.24) is 4.72 Å². The van der Waals surface area contributed by atoms with Crippen molar-refractivity contribution >= 4 is 10.0 Å². The summed E-state index contributed by atoms with van der Waals surface area (Å²) < 4.78 is 32.6. The average Bonchev–Trinajstić information content (AvgIpc) is 2.82. The van der Waals surface area contributed by atoms with E-state index in [0.29, 0.717) is 5.75 Å². The van der Waals surface area contributed by atoms with Crippen molar-refractivity contribution < 1.29 is 18.3 Å². The molecule has 0 saturated heterocycles. The molecule has 0 radical (unpaired) electrons. The van der Waals surface area contributed by atoms with E-state index >= 15 is 0 Å². The van der Waals surface area contributed by atoms with Crippen LogP contribution in [0.5, 0.6) is 11.5 Å². The van der Waals surface area contributed by atoms with Crippen molar-refractivity contribution in [3.8, 4) is 11.5 Å². The minimum Gasteiger partial charge on any atom is -0.508 e. The summed E-state index contributed by atoms with van der Waals surface area (Å²) in [7, 11) is -3.70. The minimum absolute atomic E-state index is 0.0295. The molecule has 0 aromatic heterocycles. The summed E-state index contributed by atoms with van der Waals surface area (Å²) in [5.41, 5.74) is 0.816. The summed E-state index contributed by atoms with van der Waals surface area (Å²) in [6.45, 7) is 0.261. The van der Waals surface area contributed by atoms with Gasteiger partial charge in [-0.3, -0.25) is 0 Å². The van der Waals surface area contributed by atoms with Crippen LogP contribution in [0.3, 0.4) is 0 Å². The fraction of sp³-hybridized carbons (Fsp3) is 0.143. The quantitative estimate of drug-likeness (QED) is 0.904. The smallest absolute Gasteiger partial charge is 0.241 e. The maximum atomic E-state index is 12.3. The Morgan fingerprint density at radius 1 is 1.15 bits per heavy atom. The van der Waals surface area contributed by atoms with Crippen molar-refractivity contribution in [3.05, 3.63) is 54.1 Å². The number of aromatic hydroxyl groups is 1. The molecule has 0 fully saturated rings. The topological polar surface area (TPSA) is 75.6 Å². The lowest BCUT2D eigenvalue weighted by atomic mass is 10.1. The molecule has 0 amide bonds. The molecule has 1 atom stereocenters. The van der Waals surface area contributed by atoms with Gasteiger partial charge in [-0.1, -0.05) is 24.3 Å². The zero-order chi connectivity index (χ0) is 14.2. The molecule has 2 aromatic carbocycles. The maximum absolute atomic E-state index is 12.3. The number of para-hydroxylation sites is 1. The number of fused-ring (bicyclic) bond motifs is 1. The average molecular weight is 291 g/mol. The molecule has 20 heavy (non-hydrogen) atoms. The predicted molar refractivity (Wildman–Crippen MR) is 73.1 cm³/mol. The molecule has 0 bridgehead atoms. The van der Waals surface area contributed by atoms with Gasteiger partial charge in [0.05, 0.1) is 10.9 Å². The third kappa shape index (κ3) is 2.35. The first kappa shape index (κ1) is 13.0. The number of sulfonamides is 1. The molecule has 5 nitrogen and oxygen atoms in total. The van der Waals surface area contributed by atoms with Crippen LogP contribution in [0.2, 0.25) is 0 Å². The Kier molecular flexibility index (Phi) is 3.11. The molecule has 1 unspecified atom stereocenters. The van der Waals surface area contributed by atoms with Gasteiger partial charge in [0.25, 0.3) is 0 Å². The zero-order valence-corrected chi connectivity index (χ0v) is 11.3. The van der Waals surface area contributed by atoms with E-state index in [4.69, 9.17) is 4.74 Å². The lowest BCUT2D eigenvalue weighted by Crippen LogP contribution is -2.29. The second-order valence-corrected chi connectivity index (χ2v) is 6.23. The summed E-state index contributed by atoms with van der Waals surface area (Å²) in [5.74, 6) is 0.604. The maximum Gasteiger partial charge on any atom is 0.241 e. The van der Waals surface area contributed by atoms with Gasteiger partial charge in [0.15, 0.2) is 0 Å². The first-order valence-electron chi connectivity index (χ1n) is 6.09. The van der Waals surface area contributed by atoms with E-state index in [1.54, 1.807) is 6.07 Å². The second-order valence-electron chi connectivity index (χ2n) is 4.52. The number of phenols is 1. The normalized spacial score (nSPS) is 17.5. The summed E-state index contributed by atoms with van der Waals surface area (Å²) in [6.07, 6.45) is 0. The third-order valence-corrected chi connectivity index (χ3v) is 4.59. The number of rotatable bonds is 3. The highest BCUT2D eigenvalue weighted by atomic mass is 32.2. The summed E-state index contributed by atoms with van der Waals surface area (Å²) >= 11 is 0. The molecule has 3 rings (SSSR count). The zero-order valence-electron chi connectivity index (χ0n) is 10.5. The highest BCUT2D eigenvalue weighted by Gasteiger charge is 2.28. The van der Waals surface area contributed by atoms with Gasteiger partial charge in [-0.2, -0.15) is 0 Å². The van der Waals surface area contributed by atoms with E-state index in [9.17, 15) is 13.5 Å². The highest BCUT2D eigenvalue weighted by Crippen LogP contribution is 2.32. The van der Waals surface area contributed by atoms with E-state index in [0.717, 1.165) is 5.56 Å². The SMILES string of the molecule is O=S(=O)(NC1COc2ccccc21)c1cccc(O)c1. The molecule has 0 saturated carbocycles. The van der Waals surface area contributed by atoms with Gasteiger partial charge in [-0.05, 0) is 24.3 Å². The van der Waals surface area contributed by atoms with Crippen LogP contribution in [0.4, 0.5) is 0 Å². The standard InChI is InChI=1S/C14H13NO4S/c16-10-4-3-5-11(8-10)20(17,18)15-13-9-19-14-7-2-1-6-12(13)14/h1-8,13,15-16H,9H2. The summed E-state index contributed by atoms with van der Waals surface area (Å²) in [5, 5.41) is 9.38. The molecule has 1 aliphatic rings. The highest BCUT2D eigenvalue weighted by molar-refractivity contribution is 7.89. The molecule has 1 aliphatic heterocycles. The molecular formula is C14H13NO4S. The fourth-order valence-electron chi connectivity index (χ4n) is 2.17. The van der Waals surface area contributed by atoms with Gasteiger partial charge in [-0.25, -0.2) is 13.1 Å². The summed E-state index contributed by atoms with van der Waals surface area (Å²) in [4.78, 5) is 0.0295. The van der Waals surface area contributed by atoms with Crippen LogP contribution in [0.1, 0.15) is 11.6 Å². The number of hydrogen-bond donors (Lipinski definition) is 2. The van der Waals surface area contributed by atoms with Gasteiger partial charge in [0.2, 0.25) is 10.0 Å². The van der Waals surface area contributed by atoms with E-state index in [2.05, 4.69) is 4.72 Å². The summed E-state index contributed by atoms with van der Waals surface area (Å²) in [6, 6.07) is 12.5. The monoisotopic (exact) mass is 291 g/mol. The number of ether oxygens (including phenoxy) is 1. The van der Waals surface area contributed by atoms with E-state index in [-0.39, 0.29) is 17.3 Å². The minimum atomic E-state index is -3.70. The van der Waals surface area contributed by atoms with Gasteiger partial charge in [0, 0.05) is 5.56 Å². The Labute approximate surface area is 116 Å². The number of benzene rings is 2. The Balaban J connectivity index is 1.89. The number of phenolic OH excluding ortho intramolecular Hbond substituents is 1. The van der Waals surface area contributed by atoms with Crippen molar-refractivity contribution in [2.24, 2.45) is 0 Å². The lowest BCUT2D eigenvalue weighted by molar-refractivity contribution is 0.325. The van der Waals surface area contributed by atoms with Crippen molar-refractivity contribution in [3.63, 3.8) is 0 Å². The molecule has 2 aromatic rings. The van der Waals surface area contributed by atoms with Crippen molar-refractivity contribution in [2.75, 3.05) is 6.61 Å². The number of nitrogens with one attached hydrogen (secondary N) is 1. The van der Waals surface area contributed by atoms with Crippen molar-refractivity contribution in [2.45, 2.75) is 10.9 Å². The van der Waals surface area contributed by atoms with Gasteiger partial charge in [0.1, 0.15) is 18.1 Å².